The Bertz CT molecular complexity index is 813. The highest BCUT2D eigenvalue weighted by molar-refractivity contribution is 7.91. The fraction of sp³-hybridized carbons (Fsp3) is 0.471. The predicted octanol–water partition coefficient (Wildman–Crippen LogP) is 1.17. The Labute approximate surface area is 148 Å². The van der Waals surface area contributed by atoms with Crippen molar-refractivity contribution >= 4 is 21.5 Å². The second-order valence-corrected chi connectivity index (χ2v) is 8.66. The van der Waals surface area contributed by atoms with Crippen molar-refractivity contribution in [1.29, 1.82) is 0 Å². The minimum atomic E-state index is -2.91. The number of sulfone groups is 1. The summed E-state index contributed by atoms with van der Waals surface area (Å²) in [4.78, 5) is 16.7. The van der Waals surface area contributed by atoms with Gasteiger partial charge in [-0.2, -0.15) is 0 Å². The standard InChI is InChI=1S/C17H23N5O2S/c1-21(9-5-14-3-7-18-8-4-14)16-11-17(20-13-19-16)22(2)15-6-10-25(23,24)12-15/h3-4,7-8,11,13,15H,5-6,9-10,12H2,1-2H3. The SMILES string of the molecule is CN(CCc1ccncc1)c1cc(N(C)C2CCS(=O)(=O)C2)ncn1. The quantitative estimate of drug-likeness (QED) is 0.764. The molecule has 0 spiro atoms. The van der Waals surface area contributed by atoms with E-state index in [0.29, 0.717) is 6.42 Å². The van der Waals surface area contributed by atoms with Gasteiger partial charge in [-0.3, -0.25) is 4.98 Å². The Morgan fingerprint density at radius 3 is 2.56 bits per heavy atom. The van der Waals surface area contributed by atoms with Crippen LogP contribution in [0, 0.1) is 0 Å². The summed E-state index contributed by atoms with van der Waals surface area (Å²) in [5, 5.41) is 0. The zero-order valence-corrected chi connectivity index (χ0v) is 15.4. The largest absolute Gasteiger partial charge is 0.359 e. The molecule has 0 bridgehead atoms. The molecule has 0 N–H and O–H groups in total. The molecule has 1 saturated heterocycles. The lowest BCUT2D eigenvalue weighted by Crippen LogP contribution is -2.33. The fourth-order valence-electron chi connectivity index (χ4n) is 2.97. The summed E-state index contributed by atoms with van der Waals surface area (Å²) in [6, 6.07) is 5.91. The third-order valence-corrected chi connectivity index (χ3v) is 6.38. The van der Waals surface area contributed by atoms with Crippen molar-refractivity contribution in [2.45, 2.75) is 18.9 Å². The minimum absolute atomic E-state index is 0.0186. The lowest BCUT2D eigenvalue weighted by atomic mass is 10.2. The van der Waals surface area contributed by atoms with Crippen molar-refractivity contribution in [2.75, 3.05) is 41.9 Å². The minimum Gasteiger partial charge on any atom is -0.359 e. The Balaban J connectivity index is 1.66. The van der Waals surface area contributed by atoms with E-state index in [1.54, 1.807) is 12.4 Å². The molecular weight excluding hydrogens is 338 g/mol. The first-order valence-electron chi connectivity index (χ1n) is 8.30. The van der Waals surface area contributed by atoms with Gasteiger partial charge in [0.25, 0.3) is 0 Å². The summed E-state index contributed by atoms with van der Waals surface area (Å²) >= 11 is 0. The third-order valence-electron chi connectivity index (χ3n) is 4.63. The Hall–Kier alpha value is -2.22. The van der Waals surface area contributed by atoms with Crippen LogP contribution in [0.4, 0.5) is 11.6 Å². The van der Waals surface area contributed by atoms with Crippen LogP contribution in [0.1, 0.15) is 12.0 Å². The molecule has 1 unspecified atom stereocenters. The van der Waals surface area contributed by atoms with Gasteiger partial charge in [-0.1, -0.05) is 0 Å². The van der Waals surface area contributed by atoms with Gasteiger partial charge in [-0.05, 0) is 30.5 Å². The van der Waals surface area contributed by atoms with Crippen LogP contribution in [0.5, 0.6) is 0 Å². The van der Waals surface area contributed by atoms with E-state index in [2.05, 4.69) is 19.9 Å². The highest BCUT2D eigenvalue weighted by Gasteiger charge is 2.31. The number of pyridine rings is 1. The molecule has 0 saturated carbocycles. The third kappa shape index (κ3) is 4.45. The van der Waals surface area contributed by atoms with Crippen molar-refractivity contribution < 1.29 is 8.42 Å². The second-order valence-electron chi connectivity index (χ2n) is 6.43. The van der Waals surface area contributed by atoms with E-state index >= 15 is 0 Å². The van der Waals surface area contributed by atoms with E-state index < -0.39 is 9.84 Å². The molecule has 0 radical (unpaired) electrons. The average molecular weight is 361 g/mol. The number of anilines is 2. The van der Waals surface area contributed by atoms with E-state index in [4.69, 9.17) is 0 Å². The first kappa shape index (κ1) is 17.6. The summed E-state index contributed by atoms with van der Waals surface area (Å²) in [6.45, 7) is 0.821. The summed E-state index contributed by atoms with van der Waals surface area (Å²) in [7, 11) is 0.976. The summed E-state index contributed by atoms with van der Waals surface area (Å²) in [6.07, 6.45) is 6.67. The van der Waals surface area contributed by atoms with Crippen LogP contribution in [-0.4, -0.2) is 61.6 Å². The van der Waals surface area contributed by atoms with E-state index in [-0.39, 0.29) is 17.5 Å². The molecule has 1 atom stereocenters. The van der Waals surface area contributed by atoms with Gasteiger partial charge in [0.15, 0.2) is 9.84 Å². The van der Waals surface area contributed by atoms with Crippen molar-refractivity contribution in [3.63, 3.8) is 0 Å². The number of likely N-dealkylation sites (N-methyl/N-ethyl adjacent to an activating group) is 1. The highest BCUT2D eigenvalue weighted by Crippen LogP contribution is 2.23. The summed E-state index contributed by atoms with van der Waals surface area (Å²) < 4.78 is 23.4. The van der Waals surface area contributed by atoms with Gasteiger partial charge >= 0.3 is 0 Å². The Kier molecular flexibility index (Phi) is 5.17. The van der Waals surface area contributed by atoms with E-state index in [1.165, 1.54) is 11.9 Å². The molecule has 0 aliphatic carbocycles. The number of aromatic nitrogens is 3. The molecule has 3 rings (SSSR count). The van der Waals surface area contributed by atoms with Gasteiger partial charge in [0.2, 0.25) is 0 Å². The maximum Gasteiger partial charge on any atom is 0.152 e. The molecule has 1 aliphatic heterocycles. The first-order chi connectivity index (χ1) is 11.9. The molecule has 1 fully saturated rings. The lowest BCUT2D eigenvalue weighted by molar-refractivity contribution is 0.600. The van der Waals surface area contributed by atoms with Crippen LogP contribution >= 0.6 is 0 Å². The maximum absolute atomic E-state index is 11.7. The zero-order valence-electron chi connectivity index (χ0n) is 14.5. The molecule has 1 aliphatic rings. The van der Waals surface area contributed by atoms with Gasteiger partial charge in [0.05, 0.1) is 11.5 Å². The molecule has 7 nitrogen and oxygen atoms in total. The smallest absolute Gasteiger partial charge is 0.152 e. The zero-order chi connectivity index (χ0) is 17.9. The van der Waals surface area contributed by atoms with Crippen molar-refractivity contribution in [3.8, 4) is 0 Å². The van der Waals surface area contributed by atoms with Crippen molar-refractivity contribution in [1.82, 2.24) is 15.0 Å². The van der Waals surface area contributed by atoms with Crippen LogP contribution in [0.2, 0.25) is 0 Å². The summed E-state index contributed by atoms with van der Waals surface area (Å²) in [5.41, 5.74) is 1.23. The average Bonchev–Trinajstić information content (AvgIpc) is 3.00. The first-order valence-corrected chi connectivity index (χ1v) is 10.1. The molecule has 25 heavy (non-hydrogen) atoms. The molecule has 134 valence electrons. The summed E-state index contributed by atoms with van der Waals surface area (Å²) in [5.74, 6) is 2.03. The van der Waals surface area contributed by atoms with E-state index in [1.807, 2.05) is 37.2 Å². The monoisotopic (exact) mass is 361 g/mol. The predicted molar refractivity (Wildman–Crippen MR) is 98.7 cm³/mol. The lowest BCUT2D eigenvalue weighted by Gasteiger charge is -2.26. The molecule has 3 heterocycles. The number of rotatable bonds is 6. The molecule has 0 amide bonds. The van der Waals surface area contributed by atoms with Gasteiger partial charge in [0, 0.05) is 45.1 Å². The molecular formula is C17H23N5O2S. The highest BCUT2D eigenvalue weighted by atomic mass is 32.2. The van der Waals surface area contributed by atoms with Crippen LogP contribution in [0.25, 0.3) is 0 Å². The van der Waals surface area contributed by atoms with Crippen molar-refractivity contribution in [2.24, 2.45) is 0 Å². The van der Waals surface area contributed by atoms with Crippen LogP contribution in [0.15, 0.2) is 36.9 Å². The van der Waals surface area contributed by atoms with Gasteiger partial charge in [0.1, 0.15) is 18.0 Å². The molecule has 2 aromatic heterocycles. The van der Waals surface area contributed by atoms with Gasteiger partial charge < -0.3 is 9.80 Å². The number of hydrogen-bond donors (Lipinski definition) is 0. The number of hydrogen-bond acceptors (Lipinski definition) is 7. The Morgan fingerprint density at radius 2 is 1.88 bits per heavy atom. The molecule has 2 aromatic rings. The normalized spacial score (nSPS) is 18.9. The van der Waals surface area contributed by atoms with Crippen molar-refractivity contribution in [3.05, 3.63) is 42.5 Å². The molecule has 0 aromatic carbocycles. The van der Waals surface area contributed by atoms with Crippen LogP contribution < -0.4 is 9.80 Å². The van der Waals surface area contributed by atoms with Crippen LogP contribution in [0.3, 0.4) is 0 Å². The number of nitrogens with zero attached hydrogens (tertiary/aromatic N) is 5. The second kappa shape index (κ2) is 7.35. The van der Waals surface area contributed by atoms with E-state index in [9.17, 15) is 8.42 Å². The van der Waals surface area contributed by atoms with Gasteiger partial charge in [-0.15, -0.1) is 0 Å². The van der Waals surface area contributed by atoms with Crippen LogP contribution in [-0.2, 0) is 16.3 Å². The molecule has 8 heteroatoms. The van der Waals surface area contributed by atoms with E-state index in [0.717, 1.165) is 24.6 Å². The maximum atomic E-state index is 11.7. The van der Waals surface area contributed by atoms with Gasteiger partial charge in [-0.25, -0.2) is 18.4 Å². The topological polar surface area (TPSA) is 79.3 Å². The fourth-order valence-corrected chi connectivity index (χ4v) is 4.74. The Morgan fingerprint density at radius 1 is 1.16 bits per heavy atom.